The van der Waals surface area contributed by atoms with Gasteiger partial charge in [-0.05, 0) is 59.9 Å². The van der Waals surface area contributed by atoms with Crippen molar-refractivity contribution in [1.29, 1.82) is 0 Å². The van der Waals surface area contributed by atoms with Gasteiger partial charge in [0, 0.05) is 69.1 Å². The molecular weight excluding hydrogens is 709 g/mol. The number of aromatic nitrogens is 4. The second-order valence-corrected chi connectivity index (χ2v) is 17.6. The third kappa shape index (κ3) is 7.37. The summed E-state index contributed by atoms with van der Waals surface area (Å²) in [5, 5.41) is 10.4. The minimum absolute atomic E-state index is 0.284. The van der Waals surface area contributed by atoms with E-state index in [2.05, 4.69) is 51.7 Å². The molecule has 0 bridgehead atoms. The molecule has 0 amide bonds. The van der Waals surface area contributed by atoms with Gasteiger partial charge < -0.3 is 30.2 Å². The number of nitrogens with one attached hydrogen (secondary N) is 3. The molecule has 2 fully saturated rings. The van der Waals surface area contributed by atoms with E-state index in [1.54, 1.807) is 39.0 Å². The van der Waals surface area contributed by atoms with Gasteiger partial charge in [0.1, 0.15) is 24.2 Å². The molecule has 17 heteroatoms. The lowest BCUT2D eigenvalue weighted by atomic mass is 10.0. The molecule has 4 heterocycles. The summed E-state index contributed by atoms with van der Waals surface area (Å²) in [7, 11) is -5.44. The number of ether oxygens (including phenoxy) is 1. The summed E-state index contributed by atoms with van der Waals surface area (Å²) in [5.74, 6) is 0.869. The normalized spacial score (nSPS) is 17.8. The Morgan fingerprint density at radius 3 is 2.55 bits per heavy atom. The first-order valence-corrected chi connectivity index (χ1v) is 20.0. The minimum atomic E-state index is -4.21. The molecule has 0 aliphatic carbocycles. The first kappa shape index (κ1) is 33.5. The maximum absolute atomic E-state index is 13.4. The number of aryl methyl sites for hydroxylation is 1. The average Bonchev–Trinajstić information content (AvgIpc) is 2.97. The minimum Gasteiger partial charge on any atom is -0.494 e. The molecule has 4 aromatic rings. The van der Waals surface area contributed by atoms with Crippen LogP contribution >= 0.6 is 23.1 Å². The van der Waals surface area contributed by atoms with Crippen molar-refractivity contribution in [3.63, 3.8) is 0 Å². The highest BCUT2D eigenvalue weighted by Gasteiger charge is 2.36. The molecule has 2 aliphatic rings. The van der Waals surface area contributed by atoms with Crippen molar-refractivity contribution in [3.05, 3.63) is 52.9 Å². The van der Waals surface area contributed by atoms with Crippen LogP contribution in [0.4, 0.5) is 28.8 Å². The van der Waals surface area contributed by atoms with Crippen molar-refractivity contribution in [2.24, 2.45) is 0 Å². The number of benzene rings is 2. The zero-order valence-corrected chi connectivity index (χ0v) is 29.7. The van der Waals surface area contributed by atoms with Gasteiger partial charge in [-0.2, -0.15) is 13.4 Å². The Labute approximate surface area is 282 Å². The molecule has 0 saturated carbocycles. The number of rotatable bonds is 10. The van der Waals surface area contributed by atoms with Gasteiger partial charge in [-0.25, -0.2) is 4.98 Å². The van der Waals surface area contributed by atoms with Gasteiger partial charge in [-0.15, -0.1) is 0 Å². The SMILES string of the molecule is COc1cc(N2CCN(C3CNC3)CC2CS(=O)(=O)O)c(C)cc1Nc1ncc(Br)c(Nc2ccc3nccnc3c2P(C)(C)=O)n1. The van der Waals surface area contributed by atoms with E-state index in [0.29, 0.717) is 62.9 Å². The lowest BCUT2D eigenvalue weighted by Crippen LogP contribution is -2.65. The van der Waals surface area contributed by atoms with Crippen molar-refractivity contribution in [2.75, 3.05) is 74.4 Å². The smallest absolute Gasteiger partial charge is 0.266 e. The topological polar surface area (TPSA) is 175 Å². The predicted molar refractivity (Wildman–Crippen MR) is 188 cm³/mol. The summed E-state index contributed by atoms with van der Waals surface area (Å²) in [6.07, 6.45) is 4.79. The molecule has 1 atom stereocenters. The number of nitrogens with zero attached hydrogens (tertiary/aromatic N) is 6. The van der Waals surface area contributed by atoms with Crippen LogP contribution in [0.3, 0.4) is 0 Å². The number of fused-ring (bicyclic) bond motifs is 1. The fourth-order valence-corrected chi connectivity index (χ4v) is 8.58. The molecular formula is C30H37BrN9O5PS. The summed E-state index contributed by atoms with van der Waals surface area (Å²) in [6, 6.07) is 7.34. The van der Waals surface area contributed by atoms with Crippen LogP contribution in [0.25, 0.3) is 11.0 Å². The highest BCUT2D eigenvalue weighted by molar-refractivity contribution is 9.10. The third-order valence-electron chi connectivity index (χ3n) is 8.42. The highest BCUT2D eigenvalue weighted by atomic mass is 79.9. The zero-order chi connectivity index (χ0) is 33.5. The summed E-state index contributed by atoms with van der Waals surface area (Å²) in [4.78, 5) is 22.3. The summed E-state index contributed by atoms with van der Waals surface area (Å²) >= 11 is 3.53. The molecule has 0 spiro atoms. The predicted octanol–water partition coefficient (Wildman–Crippen LogP) is 3.58. The maximum atomic E-state index is 13.4. The van der Waals surface area contributed by atoms with Crippen LogP contribution in [0.1, 0.15) is 5.56 Å². The lowest BCUT2D eigenvalue weighted by molar-refractivity contribution is 0.122. The standard InChI is InChI=1S/C30H37BrN9O5PS/c1-18-11-24(26(45-2)12-25(18)40-10-9-39(19-13-32-14-19)16-20(40)17-47(42,43)44)37-30-35-15-21(31)29(38-30)36-23-6-5-22-27(34-8-7-33-22)28(23)46(3,4)41/h5-8,11-12,15,19-20,32H,9-10,13-14,16-17H2,1-4H3,(H,42,43,44)(H2,35,36,37,38). The van der Waals surface area contributed by atoms with Crippen LogP contribution in [0.5, 0.6) is 5.75 Å². The van der Waals surface area contributed by atoms with Crippen molar-refractivity contribution >= 4 is 78.4 Å². The van der Waals surface area contributed by atoms with E-state index in [1.807, 2.05) is 36.1 Å². The molecule has 0 radical (unpaired) electrons. The second kappa shape index (κ2) is 13.2. The molecule has 1 unspecified atom stereocenters. The summed E-state index contributed by atoms with van der Waals surface area (Å²) in [6.45, 7) is 8.97. The number of piperazine rings is 1. The van der Waals surface area contributed by atoms with Gasteiger partial charge in [-0.1, -0.05) is 0 Å². The molecule has 14 nitrogen and oxygen atoms in total. The first-order chi connectivity index (χ1) is 22.3. The van der Waals surface area contributed by atoms with E-state index in [1.165, 1.54) is 0 Å². The van der Waals surface area contributed by atoms with E-state index in [0.717, 1.165) is 30.9 Å². The number of hydrogen-bond acceptors (Lipinski definition) is 13. The molecule has 2 saturated heterocycles. The van der Waals surface area contributed by atoms with Crippen LogP contribution < -0.4 is 30.9 Å². The van der Waals surface area contributed by atoms with Crippen molar-refractivity contribution < 1.29 is 22.3 Å². The van der Waals surface area contributed by atoms with Gasteiger partial charge >= 0.3 is 0 Å². The Hall–Kier alpha value is -3.40. The highest BCUT2D eigenvalue weighted by Crippen LogP contribution is 2.42. The van der Waals surface area contributed by atoms with Crippen LogP contribution in [0.15, 0.2) is 47.3 Å². The Bertz CT molecular complexity index is 1980. The average molecular weight is 747 g/mol. The van der Waals surface area contributed by atoms with Crippen LogP contribution in [0, 0.1) is 6.92 Å². The lowest BCUT2D eigenvalue weighted by Gasteiger charge is -2.48. The Morgan fingerprint density at radius 2 is 1.87 bits per heavy atom. The zero-order valence-electron chi connectivity index (χ0n) is 26.4. The Balaban J connectivity index is 1.28. The van der Waals surface area contributed by atoms with Crippen LogP contribution in [-0.2, 0) is 14.7 Å². The van der Waals surface area contributed by atoms with E-state index < -0.39 is 23.3 Å². The second-order valence-electron chi connectivity index (χ2n) is 12.1. The van der Waals surface area contributed by atoms with E-state index in [-0.39, 0.29) is 11.7 Å². The number of methoxy groups -OCH3 is 1. The fraction of sp³-hybridized carbons (Fsp3) is 0.400. The molecule has 250 valence electrons. The Kier molecular flexibility index (Phi) is 9.44. The number of hydrogen-bond donors (Lipinski definition) is 4. The molecule has 2 aromatic carbocycles. The molecule has 47 heavy (non-hydrogen) atoms. The molecule has 2 aromatic heterocycles. The van der Waals surface area contributed by atoms with Gasteiger partial charge in [-0.3, -0.25) is 19.4 Å². The van der Waals surface area contributed by atoms with Crippen molar-refractivity contribution in [1.82, 2.24) is 30.2 Å². The van der Waals surface area contributed by atoms with Gasteiger partial charge in [0.05, 0.1) is 45.6 Å². The van der Waals surface area contributed by atoms with Gasteiger partial charge in [0.2, 0.25) is 5.95 Å². The van der Waals surface area contributed by atoms with E-state index in [4.69, 9.17) is 9.72 Å². The first-order valence-electron chi connectivity index (χ1n) is 15.0. The Morgan fingerprint density at radius 1 is 1.11 bits per heavy atom. The largest absolute Gasteiger partial charge is 0.494 e. The fourth-order valence-electron chi connectivity index (χ4n) is 6.13. The van der Waals surface area contributed by atoms with Crippen molar-refractivity contribution in [2.45, 2.75) is 19.0 Å². The molecule has 6 rings (SSSR count). The molecule has 2 aliphatic heterocycles. The van der Waals surface area contributed by atoms with Crippen LogP contribution in [0.2, 0.25) is 0 Å². The summed E-state index contributed by atoms with van der Waals surface area (Å²) < 4.78 is 53.6. The third-order valence-corrected chi connectivity index (χ3v) is 11.3. The van der Waals surface area contributed by atoms with Gasteiger partial charge in [0.25, 0.3) is 10.1 Å². The van der Waals surface area contributed by atoms with E-state index in [9.17, 15) is 17.5 Å². The van der Waals surface area contributed by atoms with Gasteiger partial charge in [0.15, 0.2) is 0 Å². The monoisotopic (exact) mass is 745 g/mol. The van der Waals surface area contributed by atoms with E-state index >= 15 is 0 Å². The van der Waals surface area contributed by atoms with Crippen LogP contribution in [-0.4, -0.2) is 109 Å². The molecule has 4 N–H and O–H groups in total. The quantitative estimate of drug-likeness (QED) is 0.137. The maximum Gasteiger partial charge on any atom is 0.266 e. The number of anilines is 5. The number of halogens is 1. The van der Waals surface area contributed by atoms with Crippen molar-refractivity contribution in [3.8, 4) is 5.75 Å². The summed E-state index contributed by atoms with van der Waals surface area (Å²) in [5.41, 5.74) is 4.13.